The number of hydrogen-bond donors (Lipinski definition) is 2. The molecule has 2 atom stereocenters. The number of carboxylic acid groups (broad SMARTS) is 1. The first-order valence-corrected chi connectivity index (χ1v) is 7.28. The van der Waals surface area contributed by atoms with E-state index in [1.165, 1.54) is 18.7 Å². The molecule has 90 valence electrons. The molecule has 2 N–H and O–H groups in total. The van der Waals surface area contributed by atoms with E-state index in [9.17, 15) is 13.2 Å². The van der Waals surface area contributed by atoms with Crippen LogP contribution in [0.25, 0.3) is 0 Å². The lowest BCUT2D eigenvalue weighted by Crippen LogP contribution is -2.56. The SMILES string of the molecule is CC(C#N)S(=O)(=O)NC1(C(=O)O)CCSC1. The zero-order chi connectivity index (χ0) is 12.4. The maximum atomic E-state index is 11.6. The number of carboxylic acids is 1. The van der Waals surface area contributed by atoms with Gasteiger partial charge in [0.05, 0.1) is 6.07 Å². The Labute approximate surface area is 98.1 Å². The Morgan fingerprint density at radius 2 is 2.31 bits per heavy atom. The molecule has 0 aliphatic carbocycles. The number of carbonyl (C=O) groups is 1. The van der Waals surface area contributed by atoms with Gasteiger partial charge in [0.25, 0.3) is 0 Å². The van der Waals surface area contributed by atoms with Crippen molar-refractivity contribution < 1.29 is 18.3 Å². The maximum Gasteiger partial charge on any atom is 0.325 e. The second-order valence-corrected chi connectivity index (χ2v) is 6.71. The number of aliphatic carboxylic acids is 1. The monoisotopic (exact) mass is 264 g/mol. The predicted molar refractivity (Wildman–Crippen MR) is 59.4 cm³/mol. The average Bonchev–Trinajstić information content (AvgIpc) is 2.65. The third-order valence-corrected chi connectivity index (χ3v) is 5.32. The molecule has 1 saturated heterocycles. The van der Waals surface area contributed by atoms with Gasteiger partial charge >= 0.3 is 5.97 Å². The normalized spacial score (nSPS) is 27.2. The van der Waals surface area contributed by atoms with E-state index in [0.29, 0.717) is 5.75 Å². The molecular formula is C8H12N2O4S2. The van der Waals surface area contributed by atoms with Gasteiger partial charge in [0.15, 0.2) is 5.25 Å². The van der Waals surface area contributed by atoms with Crippen LogP contribution in [0, 0.1) is 11.3 Å². The van der Waals surface area contributed by atoms with E-state index >= 15 is 0 Å². The van der Waals surface area contributed by atoms with Gasteiger partial charge in [-0.25, -0.2) is 8.42 Å². The van der Waals surface area contributed by atoms with Crippen LogP contribution in [-0.2, 0) is 14.8 Å². The van der Waals surface area contributed by atoms with Crippen LogP contribution in [0.15, 0.2) is 0 Å². The van der Waals surface area contributed by atoms with Crippen LogP contribution < -0.4 is 4.72 Å². The van der Waals surface area contributed by atoms with Gasteiger partial charge < -0.3 is 5.11 Å². The highest BCUT2D eigenvalue weighted by Crippen LogP contribution is 2.29. The van der Waals surface area contributed by atoms with Crippen LogP contribution in [0.1, 0.15) is 13.3 Å². The Bertz CT molecular complexity index is 420. The summed E-state index contributed by atoms with van der Waals surface area (Å²) in [5.41, 5.74) is -1.45. The van der Waals surface area contributed by atoms with Crippen molar-refractivity contribution in [1.29, 1.82) is 5.26 Å². The van der Waals surface area contributed by atoms with Crippen LogP contribution in [-0.4, -0.2) is 41.8 Å². The summed E-state index contributed by atoms with van der Waals surface area (Å²) in [6.07, 6.45) is 0.240. The minimum Gasteiger partial charge on any atom is -0.480 e. The molecule has 1 aliphatic rings. The molecule has 1 aliphatic heterocycles. The van der Waals surface area contributed by atoms with Crippen molar-refractivity contribution in [3.05, 3.63) is 0 Å². The summed E-state index contributed by atoms with van der Waals surface area (Å²) in [5.74, 6) is -0.402. The Morgan fingerprint density at radius 3 is 2.69 bits per heavy atom. The van der Waals surface area contributed by atoms with Gasteiger partial charge in [-0.2, -0.15) is 21.7 Å². The molecule has 0 radical (unpaired) electrons. The lowest BCUT2D eigenvalue weighted by molar-refractivity contribution is -0.142. The molecule has 16 heavy (non-hydrogen) atoms. The van der Waals surface area contributed by atoms with Crippen LogP contribution in [0.5, 0.6) is 0 Å². The van der Waals surface area contributed by atoms with E-state index in [-0.39, 0.29) is 12.2 Å². The Kier molecular flexibility index (Phi) is 3.83. The summed E-state index contributed by atoms with van der Waals surface area (Å²) in [4.78, 5) is 11.1. The van der Waals surface area contributed by atoms with Crippen molar-refractivity contribution >= 4 is 27.8 Å². The fourth-order valence-corrected chi connectivity index (χ4v) is 3.83. The molecule has 0 aromatic carbocycles. The molecule has 0 aromatic rings. The van der Waals surface area contributed by atoms with Crippen molar-refractivity contribution in [3.8, 4) is 6.07 Å². The number of sulfonamides is 1. The first-order valence-electron chi connectivity index (χ1n) is 4.57. The highest BCUT2D eigenvalue weighted by molar-refractivity contribution is 7.99. The van der Waals surface area contributed by atoms with Gasteiger partial charge in [0.1, 0.15) is 5.54 Å². The van der Waals surface area contributed by atoms with Crippen molar-refractivity contribution in [2.24, 2.45) is 0 Å². The Hall–Kier alpha value is -0.780. The number of hydrogen-bond acceptors (Lipinski definition) is 5. The van der Waals surface area contributed by atoms with E-state index < -0.39 is 26.8 Å². The number of rotatable bonds is 4. The van der Waals surface area contributed by atoms with Gasteiger partial charge in [0, 0.05) is 5.75 Å². The van der Waals surface area contributed by atoms with Gasteiger partial charge in [-0.3, -0.25) is 4.79 Å². The summed E-state index contributed by atoms with van der Waals surface area (Å²) in [6.45, 7) is 1.22. The largest absolute Gasteiger partial charge is 0.480 e. The van der Waals surface area contributed by atoms with Crippen LogP contribution in [0.4, 0.5) is 0 Å². The molecule has 2 unspecified atom stereocenters. The first kappa shape index (κ1) is 13.3. The summed E-state index contributed by atoms with van der Waals surface area (Å²) in [5, 5.41) is 16.3. The van der Waals surface area contributed by atoms with E-state index in [1.54, 1.807) is 6.07 Å². The van der Waals surface area contributed by atoms with Crippen LogP contribution in [0.3, 0.4) is 0 Å². The maximum absolute atomic E-state index is 11.6. The highest BCUT2D eigenvalue weighted by atomic mass is 32.2. The van der Waals surface area contributed by atoms with Gasteiger partial charge in [0.2, 0.25) is 10.0 Å². The number of nitrogens with one attached hydrogen (secondary N) is 1. The lowest BCUT2D eigenvalue weighted by Gasteiger charge is -2.24. The van der Waals surface area contributed by atoms with Gasteiger partial charge in [-0.1, -0.05) is 0 Å². The zero-order valence-corrected chi connectivity index (χ0v) is 10.3. The molecule has 1 fully saturated rings. The quantitative estimate of drug-likeness (QED) is 0.726. The Morgan fingerprint density at radius 1 is 1.69 bits per heavy atom. The summed E-state index contributed by atoms with van der Waals surface area (Å²) >= 11 is 1.38. The molecule has 0 amide bonds. The zero-order valence-electron chi connectivity index (χ0n) is 8.63. The minimum absolute atomic E-state index is 0.194. The predicted octanol–water partition coefficient (Wildman–Crippen LogP) is -0.222. The smallest absolute Gasteiger partial charge is 0.325 e. The standard InChI is InChI=1S/C8H12N2O4S2/c1-6(4-9)16(13,14)10-8(7(11)12)2-3-15-5-8/h6,10H,2-3,5H2,1H3,(H,11,12). The van der Waals surface area contributed by atoms with Gasteiger partial charge in [-0.15, -0.1) is 0 Å². The third-order valence-electron chi connectivity index (χ3n) is 2.42. The summed E-state index contributed by atoms with van der Waals surface area (Å²) in [7, 11) is -3.90. The molecule has 0 spiro atoms. The van der Waals surface area contributed by atoms with Gasteiger partial charge in [-0.05, 0) is 19.1 Å². The summed E-state index contributed by atoms with van der Waals surface area (Å²) < 4.78 is 25.4. The second-order valence-electron chi connectivity index (χ2n) is 3.61. The van der Waals surface area contributed by atoms with Crippen LogP contribution >= 0.6 is 11.8 Å². The topological polar surface area (TPSA) is 107 Å². The molecule has 1 heterocycles. The van der Waals surface area contributed by atoms with Crippen LogP contribution in [0.2, 0.25) is 0 Å². The average molecular weight is 264 g/mol. The fourth-order valence-electron chi connectivity index (χ4n) is 1.29. The molecule has 8 heteroatoms. The van der Waals surface area contributed by atoms with E-state index in [0.717, 1.165) is 0 Å². The minimum atomic E-state index is -3.90. The highest BCUT2D eigenvalue weighted by Gasteiger charge is 2.46. The van der Waals surface area contributed by atoms with E-state index in [1.807, 2.05) is 0 Å². The number of thioether (sulfide) groups is 1. The molecule has 0 bridgehead atoms. The molecular weight excluding hydrogens is 252 g/mol. The van der Waals surface area contributed by atoms with Crippen molar-refractivity contribution in [3.63, 3.8) is 0 Å². The lowest BCUT2D eigenvalue weighted by atomic mass is 10.0. The molecule has 0 saturated carbocycles. The molecule has 1 rings (SSSR count). The van der Waals surface area contributed by atoms with Crippen molar-refractivity contribution in [2.45, 2.75) is 24.1 Å². The summed E-state index contributed by atoms with van der Waals surface area (Å²) in [6, 6.07) is 1.59. The number of nitriles is 1. The second kappa shape index (κ2) is 4.61. The molecule has 0 aromatic heterocycles. The third kappa shape index (κ3) is 2.48. The van der Waals surface area contributed by atoms with E-state index in [4.69, 9.17) is 10.4 Å². The van der Waals surface area contributed by atoms with Crippen molar-refractivity contribution in [2.75, 3.05) is 11.5 Å². The van der Waals surface area contributed by atoms with E-state index in [2.05, 4.69) is 4.72 Å². The Balaban J connectivity index is 2.94. The fraction of sp³-hybridized carbons (Fsp3) is 0.750. The first-order chi connectivity index (χ1) is 7.34. The molecule has 6 nitrogen and oxygen atoms in total. The van der Waals surface area contributed by atoms with Crippen molar-refractivity contribution in [1.82, 2.24) is 4.72 Å². The number of nitrogens with zero attached hydrogens (tertiary/aromatic N) is 1.